The third-order valence-corrected chi connectivity index (χ3v) is 3.72. The smallest absolute Gasteiger partial charge is 0.255 e. The lowest BCUT2D eigenvalue weighted by atomic mass is 10.1. The van der Waals surface area contributed by atoms with Gasteiger partial charge in [0.15, 0.2) is 0 Å². The molecule has 112 valence electrons. The molecule has 1 aromatic rings. The fourth-order valence-corrected chi connectivity index (χ4v) is 2.74. The largest absolute Gasteiger partial charge is 0.395 e. The van der Waals surface area contributed by atoms with Crippen LogP contribution in [-0.2, 0) is 0 Å². The molecule has 1 aromatic heterocycles. The Morgan fingerprint density at radius 2 is 2.14 bits per heavy atom. The first-order valence-electron chi connectivity index (χ1n) is 7.23. The molecule has 0 unspecified atom stereocenters. The van der Waals surface area contributed by atoms with E-state index < -0.39 is 0 Å². The van der Waals surface area contributed by atoms with Gasteiger partial charge in [-0.1, -0.05) is 24.7 Å². The van der Waals surface area contributed by atoms with Crippen molar-refractivity contribution in [1.82, 2.24) is 9.88 Å². The average Bonchev–Trinajstić information content (AvgIpc) is 3.04. The predicted molar refractivity (Wildman–Crippen MR) is 78.6 cm³/mol. The van der Waals surface area contributed by atoms with Gasteiger partial charge in [0.05, 0.1) is 17.7 Å². The first-order chi connectivity index (χ1) is 10.3. The van der Waals surface area contributed by atoms with Crippen LogP contribution in [0.1, 0.15) is 41.6 Å². The molecule has 1 aliphatic carbocycles. The number of carbonyl (C=O) groups excluding carboxylic acids is 1. The van der Waals surface area contributed by atoms with Crippen molar-refractivity contribution in [2.75, 3.05) is 19.8 Å². The number of amides is 1. The lowest BCUT2D eigenvalue weighted by molar-refractivity contribution is 0.0637. The molecular weight excluding hydrogens is 268 g/mol. The fourth-order valence-electron chi connectivity index (χ4n) is 2.74. The number of carbonyl (C=O) groups is 1. The van der Waals surface area contributed by atoms with Gasteiger partial charge < -0.3 is 15.1 Å². The highest BCUT2D eigenvalue weighted by atomic mass is 16.3. The number of hydrogen-bond acceptors (Lipinski definition) is 4. The third kappa shape index (κ3) is 3.81. The van der Waals surface area contributed by atoms with Gasteiger partial charge in [0.1, 0.15) is 6.61 Å². The summed E-state index contributed by atoms with van der Waals surface area (Å²) in [4.78, 5) is 18.5. The van der Waals surface area contributed by atoms with Crippen LogP contribution in [0.3, 0.4) is 0 Å². The number of hydrogen-bond donors (Lipinski definition) is 2. The van der Waals surface area contributed by atoms with Crippen molar-refractivity contribution in [3.63, 3.8) is 0 Å². The van der Waals surface area contributed by atoms with Crippen molar-refractivity contribution in [3.8, 4) is 11.8 Å². The zero-order valence-corrected chi connectivity index (χ0v) is 12.0. The maximum Gasteiger partial charge on any atom is 0.255 e. The molecule has 0 radical (unpaired) electrons. The molecule has 2 N–H and O–H groups in total. The van der Waals surface area contributed by atoms with Crippen molar-refractivity contribution in [2.24, 2.45) is 0 Å². The van der Waals surface area contributed by atoms with Crippen LogP contribution in [0.5, 0.6) is 0 Å². The molecule has 1 saturated carbocycles. The maximum absolute atomic E-state index is 12.8. The van der Waals surface area contributed by atoms with Crippen molar-refractivity contribution in [2.45, 2.75) is 31.7 Å². The minimum absolute atomic E-state index is 0.0506. The van der Waals surface area contributed by atoms with Crippen molar-refractivity contribution in [3.05, 3.63) is 29.6 Å². The lowest BCUT2D eigenvalue weighted by Crippen LogP contribution is -2.41. The molecule has 0 bridgehead atoms. The van der Waals surface area contributed by atoms with Gasteiger partial charge >= 0.3 is 0 Å². The molecule has 0 aliphatic heterocycles. The fraction of sp³-hybridized carbons (Fsp3) is 0.500. The summed E-state index contributed by atoms with van der Waals surface area (Å²) in [6.07, 6.45) is 7.29. The van der Waals surface area contributed by atoms with E-state index in [9.17, 15) is 9.90 Å². The second-order valence-corrected chi connectivity index (χ2v) is 5.04. The Hall–Kier alpha value is -1.90. The SMILES string of the molecule is O=C(c1ccncc1C#CCO)N(CCO)C1CCCC1. The van der Waals surface area contributed by atoms with Crippen LogP contribution in [0.4, 0.5) is 0 Å². The van der Waals surface area contributed by atoms with E-state index in [1.165, 1.54) is 6.20 Å². The quantitative estimate of drug-likeness (QED) is 0.804. The van der Waals surface area contributed by atoms with E-state index in [0.717, 1.165) is 25.7 Å². The highest BCUT2D eigenvalue weighted by Crippen LogP contribution is 2.25. The third-order valence-electron chi connectivity index (χ3n) is 3.72. The zero-order valence-electron chi connectivity index (χ0n) is 12.0. The van der Waals surface area contributed by atoms with Crippen LogP contribution in [-0.4, -0.2) is 51.8 Å². The zero-order chi connectivity index (χ0) is 15.1. The summed E-state index contributed by atoms with van der Waals surface area (Å²) in [5, 5.41) is 18.0. The first kappa shape index (κ1) is 15.5. The topological polar surface area (TPSA) is 73.7 Å². The van der Waals surface area contributed by atoms with E-state index in [0.29, 0.717) is 17.7 Å². The predicted octanol–water partition coefficient (Wildman–Crippen LogP) is 0.802. The van der Waals surface area contributed by atoms with Crippen LogP contribution in [0.2, 0.25) is 0 Å². The van der Waals surface area contributed by atoms with Gasteiger partial charge in [0.2, 0.25) is 0 Å². The lowest BCUT2D eigenvalue weighted by Gasteiger charge is -2.28. The first-order valence-corrected chi connectivity index (χ1v) is 7.23. The van der Waals surface area contributed by atoms with E-state index >= 15 is 0 Å². The Labute approximate surface area is 124 Å². The van der Waals surface area contributed by atoms with Crippen molar-refractivity contribution in [1.29, 1.82) is 0 Å². The molecule has 5 nitrogen and oxygen atoms in total. The second kappa shape index (κ2) is 7.77. The summed E-state index contributed by atoms with van der Waals surface area (Å²) in [7, 11) is 0. The summed E-state index contributed by atoms with van der Waals surface area (Å²) < 4.78 is 0. The molecule has 21 heavy (non-hydrogen) atoms. The van der Waals surface area contributed by atoms with Crippen molar-refractivity contribution < 1.29 is 15.0 Å². The number of aliphatic hydroxyl groups excluding tert-OH is 2. The molecule has 5 heteroatoms. The van der Waals surface area contributed by atoms with Gasteiger partial charge in [0.25, 0.3) is 5.91 Å². The maximum atomic E-state index is 12.8. The summed E-state index contributed by atoms with van der Waals surface area (Å²) >= 11 is 0. The van der Waals surface area contributed by atoms with E-state index in [-0.39, 0.29) is 25.2 Å². The number of rotatable bonds is 4. The molecule has 1 heterocycles. The minimum atomic E-state index is -0.258. The molecule has 0 saturated heterocycles. The highest BCUT2D eigenvalue weighted by molar-refractivity contribution is 5.96. The monoisotopic (exact) mass is 288 g/mol. The molecule has 1 fully saturated rings. The average molecular weight is 288 g/mol. The normalized spacial score (nSPS) is 14.6. The van der Waals surface area contributed by atoms with E-state index in [4.69, 9.17) is 5.11 Å². The number of nitrogens with zero attached hydrogens (tertiary/aromatic N) is 2. The standard InChI is InChI=1S/C16H20N2O3/c19-10-3-4-13-12-17-8-7-15(13)16(21)18(9-11-20)14-5-1-2-6-14/h7-8,12,14,19-20H,1-2,5-6,9-11H2. The Bertz CT molecular complexity index is 542. The molecule has 0 spiro atoms. The van der Waals surface area contributed by atoms with Gasteiger partial charge in [-0.25, -0.2) is 0 Å². The van der Waals surface area contributed by atoms with E-state index in [1.807, 2.05) is 0 Å². The molecule has 2 rings (SSSR count). The van der Waals surface area contributed by atoms with Gasteiger partial charge in [0, 0.05) is 25.0 Å². The van der Waals surface area contributed by atoms with Crippen LogP contribution in [0.25, 0.3) is 0 Å². The Balaban J connectivity index is 2.27. The Morgan fingerprint density at radius 1 is 1.38 bits per heavy atom. The Kier molecular flexibility index (Phi) is 5.73. The molecular formula is C16H20N2O3. The van der Waals surface area contributed by atoms with Gasteiger partial charge in [-0.3, -0.25) is 9.78 Å². The summed E-state index contributed by atoms with van der Waals surface area (Å²) in [5.41, 5.74) is 0.990. The molecule has 0 aromatic carbocycles. The summed E-state index contributed by atoms with van der Waals surface area (Å²) in [6, 6.07) is 1.83. The van der Waals surface area contributed by atoms with E-state index in [1.54, 1.807) is 17.2 Å². The van der Waals surface area contributed by atoms with Gasteiger partial charge in [-0.05, 0) is 18.9 Å². The van der Waals surface area contributed by atoms with Crippen LogP contribution >= 0.6 is 0 Å². The molecule has 1 amide bonds. The molecule has 1 aliphatic rings. The van der Waals surface area contributed by atoms with Crippen LogP contribution in [0, 0.1) is 11.8 Å². The van der Waals surface area contributed by atoms with Gasteiger partial charge in [-0.15, -0.1) is 0 Å². The second-order valence-electron chi connectivity index (χ2n) is 5.04. The number of aliphatic hydroxyl groups is 2. The number of pyridine rings is 1. The Morgan fingerprint density at radius 3 is 2.81 bits per heavy atom. The molecule has 0 atom stereocenters. The van der Waals surface area contributed by atoms with Crippen LogP contribution in [0.15, 0.2) is 18.5 Å². The van der Waals surface area contributed by atoms with Gasteiger partial charge in [-0.2, -0.15) is 0 Å². The highest BCUT2D eigenvalue weighted by Gasteiger charge is 2.27. The minimum Gasteiger partial charge on any atom is -0.395 e. The van der Waals surface area contributed by atoms with Crippen LogP contribution < -0.4 is 0 Å². The summed E-state index contributed by atoms with van der Waals surface area (Å²) in [5.74, 6) is 5.18. The van der Waals surface area contributed by atoms with E-state index in [2.05, 4.69) is 16.8 Å². The van der Waals surface area contributed by atoms with Crippen molar-refractivity contribution >= 4 is 5.91 Å². The number of aromatic nitrogens is 1. The summed E-state index contributed by atoms with van der Waals surface area (Å²) in [6.45, 7) is 0.0230.